The van der Waals surface area contributed by atoms with Crippen molar-refractivity contribution >= 4 is 11.6 Å². The lowest BCUT2D eigenvalue weighted by Crippen LogP contribution is -2.45. The van der Waals surface area contributed by atoms with Gasteiger partial charge in [-0.15, -0.1) is 0 Å². The van der Waals surface area contributed by atoms with Gasteiger partial charge >= 0.3 is 0 Å². The second kappa shape index (κ2) is 10.3. The van der Waals surface area contributed by atoms with Gasteiger partial charge in [0.25, 0.3) is 0 Å². The van der Waals surface area contributed by atoms with Crippen LogP contribution in [-0.2, 0) is 16.1 Å². The number of para-hydroxylation sites is 1. The van der Waals surface area contributed by atoms with Crippen LogP contribution in [-0.4, -0.2) is 50.2 Å². The summed E-state index contributed by atoms with van der Waals surface area (Å²) < 4.78 is 5.07. The maximum atomic E-state index is 12.5. The summed E-state index contributed by atoms with van der Waals surface area (Å²) in [7, 11) is 1.69. The van der Waals surface area contributed by atoms with Gasteiger partial charge in [0.1, 0.15) is 0 Å². The molecule has 5 heteroatoms. The quantitative estimate of drug-likeness (QED) is 0.718. The maximum Gasteiger partial charge on any atom is 0.237 e. The van der Waals surface area contributed by atoms with E-state index in [4.69, 9.17) is 4.74 Å². The molecule has 1 unspecified atom stereocenters. The van der Waals surface area contributed by atoms with Crippen molar-refractivity contribution in [3.63, 3.8) is 0 Å². The minimum Gasteiger partial charge on any atom is -0.383 e. The molecule has 1 saturated heterocycles. The van der Waals surface area contributed by atoms with E-state index < -0.39 is 0 Å². The Labute approximate surface area is 145 Å². The van der Waals surface area contributed by atoms with Gasteiger partial charge in [0.15, 0.2) is 0 Å². The molecule has 24 heavy (non-hydrogen) atoms. The first-order chi connectivity index (χ1) is 11.7. The van der Waals surface area contributed by atoms with Crippen LogP contribution in [0.25, 0.3) is 0 Å². The first kappa shape index (κ1) is 18.7. The van der Waals surface area contributed by atoms with Crippen LogP contribution in [0.5, 0.6) is 0 Å². The van der Waals surface area contributed by atoms with Crippen LogP contribution in [0.3, 0.4) is 0 Å². The lowest BCUT2D eigenvalue weighted by Gasteiger charge is -2.26. The van der Waals surface area contributed by atoms with Gasteiger partial charge in [0, 0.05) is 25.9 Å². The SMILES string of the molecule is COCCNc1ccccc1CNC(=O)C(C)N1CCCCCC1. The summed E-state index contributed by atoms with van der Waals surface area (Å²) in [5, 5.41) is 6.45. The van der Waals surface area contributed by atoms with Crippen molar-refractivity contribution in [3.8, 4) is 0 Å². The summed E-state index contributed by atoms with van der Waals surface area (Å²) in [6, 6.07) is 8.03. The molecule has 1 aromatic rings. The van der Waals surface area contributed by atoms with Crippen molar-refractivity contribution in [1.29, 1.82) is 0 Å². The smallest absolute Gasteiger partial charge is 0.237 e. The molecular weight excluding hydrogens is 302 g/mol. The molecule has 1 aliphatic rings. The highest BCUT2D eigenvalue weighted by atomic mass is 16.5. The second-order valence-electron chi connectivity index (χ2n) is 6.42. The van der Waals surface area contributed by atoms with Crippen molar-refractivity contribution in [2.75, 3.05) is 38.7 Å². The lowest BCUT2D eigenvalue weighted by molar-refractivity contribution is -0.126. The van der Waals surface area contributed by atoms with E-state index >= 15 is 0 Å². The van der Waals surface area contributed by atoms with Crippen LogP contribution in [0.1, 0.15) is 38.2 Å². The maximum absolute atomic E-state index is 12.5. The summed E-state index contributed by atoms with van der Waals surface area (Å²) in [6.07, 6.45) is 4.96. The second-order valence-corrected chi connectivity index (χ2v) is 6.42. The topological polar surface area (TPSA) is 53.6 Å². The Hall–Kier alpha value is -1.59. The zero-order valence-electron chi connectivity index (χ0n) is 15.0. The number of benzene rings is 1. The summed E-state index contributed by atoms with van der Waals surface area (Å²) in [4.78, 5) is 14.8. The summed E-state index contributed by atoms with van der Waals surface area (Å²) in [6.45, 7) is 6.04. The van der Waals surface area contributed by atoms with Crippen molar-refractivity contribution in [2.45, 2.75) is 45.2 Å². The Balaban J connectivity index is 1.86. The molecule has 5 nitrogen and oxygen atoms in total. The third-order valence-corrected chi connectivity index (χ3v) is 4.66. The van der Waals surface area contributed by atoms with Gasteiger partial charge in [0.2, 0.25) is 5.91 Å². The van der Waals surface area contributed by atoms with E-state index in [1.54, 1.807) is 7.11 Å². The molecule has 1 aromatic carbocycles. The molecule has 1 amide bonds. The number of nitrogens with one attached hydrogen (secondary N) is 2. The fourth-order valence-electron chi connectivity index (χ4n) is 3.11. The molecule has 1 atom stereocenters. The standard InChI is InChI=1S/C19H31N3O2/c1-16(22-12-7-3-4-8-13-22)19(23)21-15-17-9-5-6-10-18(17)20-11-14-24-2/h5-6,9-10,16,20H,3-4,7-8,11-15H2,1-2H3,(H,21,23). The largest absolute Gasteiger partial charge is 0.383 e. The molecular formula is C19H31N3O2. The molecule has 1 fully saturated rings. The van der Waals surface area contributed by atoms with E-state index in [9.17, 15) is 4.79 Å². The molecule has 0 aromatic heterocycles. The van der Waals surface area contributed by atoms with E-state index in [0.29, 0.717) is 13.2 Å². The first-order valence-corrected chi connectivity index (χ1v) is 9.05. The summed E-state index contributed by atoms with van der Waals surface area (Å²) >= 11 is 0. The number of nitrogens with zero attached hydrogens (tertiary/aromatic N) is 1. The number of hydrogen-bond acceptors (Lipinski definition) is 4. The molecule has 1 heterocycles. The number of carbonyl (C=O) groups is 1. The van der Waals surface area contributed by atoms with Gasteiger partial charge in [-0.2, -0.15) is 0 Å². The highest BCUT2D eigenvalue weighted by Crippen LogP contribution is 2.15. The van der Waals surface area contributed by atoms with Gasteiger partial charge in [-0.1, -0.05) is 31.0 Å². The molecule has 0 aliphatic carbocycles. The Morgan fingerprint density at radius 1 is 1.21 bits per heavy atom. The number of anilines is 1. The van der Waals surface area contributed by atoms with E-state index in [1.807, 2.05) is 31.2 Å². The van der Waals surface area contributed by atoms with Crippen molar-refractivity contribution in [2.24, 2.45) is 0 Å². The molecule has 134 valence electrons. The van der Waals surface area contributed by atoms with Crippen LogP contribution in [0.2, 0.25) is 0 Å². The first-order valence-electron chi connectivity index (χ1n) is 9.05. The molecule has 0 radical (unpaired) electrons. The average molecular weight is 333 g/mol. The monoisotopic (exact) mass is 333 g/mol. The Morgan fingerprint density at radius 2 is 1.92 bits per heavy atom. The van der Waals surface area contributed by atoms with E-state index in [-0.39, 0.29) is 11.9 Å². The van der Waals surface area contributed by atoms with Gasteiger partial charge in [-0.3, -0.25) is 9.69 Å². The van der Waals surface area contributed by atoms with Gasteiger partial charge in [-0.25, -0.2) is 0 Å². The Bertz CT molecular complexity index is 499. The van der Waals surface area contributed by atoms with Crippen LogP contribution >= 0.6 is 0 Å². The number of amides is 1. The fourth-order valence-corrected chi connectivity index (χ4v) is 3.11. The third kappa shape index (κ3) is 5.80. The number of methoxy groups -OCH3 is 1. The minimum atomic E-state index is -0.0586. The number of likely N-dealkylation sites (tertiary alicyclic amines) is 1. The normalized spacial score (nSPS) is 17.1. The predicted octanol–water partition coefficient (Wildman–Crippen LogP) is 2.63. The zero-order valence-corrected chi connectivity index (χ0v) is 15.0. The average Bonchev–Trinajstić information content (AvgIpc) is 2.89. The van der Waals surface area contributed by atoms with Gasteiger partial charge in [0.05, 0.1) is 12.6 Å². The molecule has 2 rings (SSSR count). The Kier molecular flexibility index (Phi) is 8.05. The van der Waals surface area contributed by atoms with E-state index in [0.717, 1.165) is 30.9 Å². The van der Waals surface area contributed by atoms with E-state index in [2.05, 4.69) is 15.5 Å². The van der Waals surface area contributed by atoms with Crippen molar-refractivity contribution in [3.05, 3.63) is 29.8 Å². The number of carbonyl (C=O) groups excluding carboxylic acids is 1. The van der Waals surface area contributed by atoms with Crippen LogP contribution in [0.4, 0.5) is 5.69 Å². The number of hydrogen-bond donors (Lipinski definition) is 2. The fraction of sp³-hybridized carbons (Fsp3) is 0.632. The highest BCUT2D eigenvalue weighted by Gasteiger charge is 2.21. The van der Waals surface area contributed by atoms with E-state index in [1.165, 1.54) is 25.7 Å². The Morgan fingerprint density at radius 3 is 2.62 bits per heavy atom. The third-order valence-electron chi connectivity index (χ3n) is 4.66. The van der Waals surface area contributed by atoms with Crippen LogP contribution < -0.4 is 10.6 Å². The van der Waals surface area contributed by atoms with Crippen LogP contribution in [0.15, 0.2) is 24.3 Å². The molecule has 0 bridgehead atoms. The molecule has 0 saturated carbocycles. The highest BCUT2D eigenvalue weighted by molar-refractivity contribution is 5.81. The van der Waals surface area contributed by atoms with Crippen molar-refractivity contribution < 1.29 is 9.53 Å². The van der Waals surface area contributed by atoms with Crippen molar-refractivity contribution in [1.82, 2.24) is 10.2 Å². The lowest BCUT2D eigenvalue weighted by atomic mass is 10.1. The summed E-state index contributed by atoms with van der Waals surface area (Å²) in [5.41, 5.74) is 2.15. The van der Waals surface area contributed by atoms with Gasteiger partial charge < -0.3 is 15.4 Å². The van der Waals surface area contributed by atoms with Crippen LogP contribution in [0, 0.1) is 0 Å². The summed E-state index contributed by atoms with van der Waals surface area (Å²) in [5.74, 6) is 0.114. The minimum absolute atomic E-state index is 0.0586. The molecule has 2 N–H and O–H groups in total. The number of ether oxygens (including phenoxy) is 1. The molecule has 1 aliphatic heterocycles. The van der Waals surface area contributed by atoms with Gasteiger partial charge in [-0.05, 0) is 44.5 Å². The predicted molar refractivity (Wildman–Crippen MR) is 98.2 cm³/mol. The number of rotatable bonds is 8. The zero-order chi connectivity index (χ0) is 17.2. The molecule has 0 spiro atoms.